The molecular formula is C27H19NO2RhS. The Balaban J connectivity index is 0.00000216. The van der Waals surface area contributed by atoms with Gasteiger partial charge in [-0.15, -0.1) is 41.5 Å². The molecule has 0 N–H and O–H groups in total. The van der Waals surface area contributed by atoms with Crippen LogP contribution in [0.4, 0.5) is 0 Å². The smallest absolute Gasteiger partial charge is 0.543 e. The largest absolute Gasteiger partial charge is 2.00 e. The van der Waals surface area contributed by atoms with Gasteiger partial charge in [-0.2, -0.15) is 0 Å². The number of hydrogen-bond acceptors (Lipinski definition) is 2. The molecule has 159 valence electrons. The second kappa shape index (κ2) is 7.77. The first-order valence-corrected chi connectivity index (χ1v) is 11.8. The summed E-state index contributed by atoms with van der Waals surface area (Å²) in [6, 6.07) is 29.4. The molecule has 1 spiro atoms. The van der Waals surface area contributed by atoms with Crippen molar-refractivity contribution in [1.29, 1.82) is 0 Å². The first-order chi connectivity index (χ1) is 15.1. The van der Waals surface area contributed by atoms with Gasteiger partial charge in [0.25, 0.3) is 0 Å². The second-order valence-electron chi connectivity index (χ2n) is 8.07. The summed E-state index contributed by atoms with van der Waals surface area (Å²) in [5.74, 6) is -0.312. The van der Waals surface area contributed by atoms with E-state index in [-0.39, 0.29) is 25.4 Å². The van der Waals surface area contributed by atoms with E-state index >= 15 is 0 Å². The first-order valence-electron chi connectivity index (χ1n) is 10.3. The predicted molar refractivity (Wildman–Crippen MR) is 124 cm³/mol. The van der Waals surface area contributed by atoms with Crippen molar-refractivity contribution in [2.24, 2.45) is 5.92 Å². The second-order valence-corrected chi connectivity index (χ2v) is 9.83. The van der Waals surface area contributed by atoms with E-state index in [1.165, 1.54) is 0 Å². The van der Waals surface area contributed by atoms with Gasteiger partial charge in [0.2, 0.25) is 0 Å². The van der Waals surface area contributed by atoms with E-state index in [0.717, 1.165) is 33.4 Å². The van der Waals surface area contributed by atoms with Gasteiger partial charge in [0, 0.05) is 0 Å². The molecule has 1 heterocycles. The summed E-state index contributed by atoms with van der Waals surface area (Å²) < 4.78 is 31.3. The molecule has 1 aliphatic heterocycles. The van der Waals surface area contributed by atoms with Crippen molar-refractivity contribution < 1.29 is 27.9 Å². The van der Waals surface area contributed by atoms with Gasteiger partial charge in [-0.25, -0.2) is 8.42 Å². The Hall–Kier alpha value is -2.59. The minimum absolute atomic E-state index is 0. The summed E-state index contributed by atoms with van der Waals surface area (Å²) in [4.78, 5) is 0. The van der Waals surface area contributed by atoms with Gasteiger partial charge >= 0.3 is 19.5 Å². The van der Waals surface area contributed by atoms with Crippen LogP contribution in [0.25, 0.3) is 15.9 Å². The fourth-order valence-electron chi connectivity index (χ4n) is 5.30. The number of sulfonamides is 1. The Morgan fingerprint density at radius 2 is 1.56 bits per heavy atom. The molecule has 0 saturated carbocycles. The number of fused-ring (bicyclic) bond motifs is 4. The van der Waals surface area contributed by atoms with E-state index in [2.05, 4.69) is 29.0 Å². The van der Waals surface area contributed by atoms with Crippen molar-refractivity contribution in [3.8, 4) is 0 Å². The molecule has 3 aliphatic rings. The SMILES string of the molecule is O=S1(=O)[N-][C@@]2(C(c3[c-]cccc3)=C(c3ccccc3)c3ccccc32)C2C=CC=CC21.[Rh+2]. The van der Waals surface area contributed by atoms with E-state index in [9.17, 15) is 8.42 Å². The molecule has 0 amide bonds. The zero-order valence-electron chi connectivity index (χ0n) is 17.0. The number of benzene rings is 3. The summed E-state index contributed by atoms with van der Waals surface area (Å²) in [6.07, 6.45) is 7.53. The number of allylic oxidation sites excluding steroid dienone is 2. The summed E-state index contributed by atoms with van der Waals surface area (Å²) in [6.45, 7) is 0. The van der Waals surface area contributed by atoms with Crippen molar-refractivity contribution in [1.82, 2.24) is 0 Å². The minimum Gasteiger partial charge on any atom is -0.543 e. The standard InChI is InChI=1S/C27H19NO2S.Rh/c29-31(30)24-18-10-9-17-23(24)27(28-31)22-16-8-7-15-21(22)25(19-11-3-1-4-12-19)26(27)20-13-5-2-6-14-20;/h1-13,15-18,23-24H;/q-2;+2/t23?,24?,27-;/m1./s1. The van der Waals surface area contributed by atoms with Crippen LogP contribution in [-0.4, -0.2) is 13.7 Å². The maximum Gasteiger partial charge on any atom is 2.00 e. The van der Waals surface area contributed by atoms with Crippen LogP contribution in [-0.2, 0) is 35.0 Å². The molecule has 32 heavy (non-hydrogen) atoms. The van der Waals surface area contributed by atoms with Crippen LogP contribution in [0.15, 0.2) is 103 Å². The normalized spacial score (nSPS) is 26.6. The van der Waals surface area contributed by atoms with Crippen molar-refractivity contribution in [3.63, 3.8) is 0 Å². The molecule has 0 bridgehead atoms. The Morgan fingerprint density at radius 1 is 0.844 bits per heavy atom. The minimum atomic E-state index is -3.69. The van der Waals surface area contributed by atoms with E-state index < -0.39 is 20.8 Å². The third-order valence-corrected chi connectivity index (χ3v) is 8.14. The molecule has 0 aromatic heterocycles. The summed E-state index contributed by atoms with van der Waals surface area (Å²) in [7, 11) is -3.69. The average molecular weight is 524 g/mol. The molecule has 6 rings (SSSR count). The molecule has 3 aromatic carbocycles. The molecule has 3 nitrogen and oxygen atoms in total. The fraction of sp³-hybridized carbons (Fsp3) is 0.111. The summed E-state index contributed by atoms with van der Waals surface area (Å²) >= 11 is 0. The molecule has 3 atom stereocenters. The van der Waals surface area contributed by atoms with Crippen molar-refractivity contribution in [2.75, 3.05) is 0 Å². The first kappa shape index (κ1) is 21.3. The van der Waals surface area contributed by atoms with Crippen LogP contribution in [0.1, 0.15) is 22.3 Å². The zero-order chi connectivity index (χ0) is 21.1. The molecule has 5 heteroatoms. The van der Waals surface area contributed by atoms with Crippen LogP contribution in [0, 0.1) is 12.0 Å². The summed E-state index contributed by atoms with van der Waals surface area (Å²) in [5.41, 5.74) is 4.83. The topological polar surface area (TPSA) is 48.2 Å². The van der Waals surface area contributed by atoms with Crippen LogP contribution >= 0.6 is 0 Å². The molecule has 1 fully saturated rings. The van der Waals surface area contributed by atoms with Crippen LogP contribution in [0.2, 0.25) is 0 Å². The van der Waals surface area contributed by atoms with Crippen molar-refractivity contribution in [3.05, 3.63) is 136 Å². The quantitative estimate of drug-likeness (QED) is 0.329. The van der Waals surface area contributed by atoms with Gasteiger partial charge in [0.15, 0.2) is 0 Å². The van der Waals surface area contributed by atoms with E-state index in [0.29, 0.717) is 0 Å². The van der Waals surface area contributed by atoms with Gasteiger partial charge < -0.3 is 4.72 Å². The molecule has 3 aromatic rings. The van der Waals surface area contributed by atoms with Gasteiger partial charge in [-0.1, -0.05) is 90.0 Å². The average Bonchev–Trinajstić information content (AvgIpc) is 3.24. The van der Waals surface area contributed by atoms with Crippen molar-refractivity contribution in [2.45, 2.75) is 10.8 Å². The van der Waals surface area contributed by atoms with Crippen molar-refractivity contribution >= 4 is 21.2 Å². The van der Waals surface area contributed by atoms with Crippen LogP contribution in [0.5, 0.6) is 0 Å². The fourth-order valence-corrected chi connectivity index (χ4v) is 7.08. The van der Waals surface area contributed by atoms with Gasteiger partial charge in [-0.05, 0) is 22.6 Å². The van der Waals surface area contributed by atoms with E-state index in [4.69, 9.17) is 0 Å². The predicted octanol–water partition coefficient (Wildman–Crippen LogP) is 5.48. The molecule has 2 aliphatic carbocycles. The molecule has 1 radical (unpaired) electrons. The Morgan fingerprint density at radius 3 is 2.34 bits per heavy atom. The third-order valence-electron chi connectivity index (χ3n) is 6.46. The maximum atomic E-state index is 13.3. The maximum absolute atomic E-state index is 13.3. The van der Waals surface area contributed by atoms with Gasteiger partial charge in [0.05, 0.1) is 15.3 Å². The van der Waals surface area contributed by atoms with Gasteiger partial charge in [0.1, 0.15) is 0 Å². The molecule has 1 saturated heterocycles. The molecular weight excluding hydrogens is 505 g/mol. The Labute approximate surface area is 201 Å². The monoisotopic (exact) mass is 524 g/mol. The summed E-state index contributed by atoms with van der Waals surface area (Å²) in [5, 5.41) is -0.667. The Kier molecular flexibility index (Phi) is 5.17. The number of nitrogens with zero attached hydrogens (tertiary/aromatic N) is 1. The third kappa shape index (κ3) is 2.89. The zero-order valence-corrected chi connectivity index (χ0v) is 19.4. The Bertz CT molecular complexity index is 1380. The number of rotatable bonds is 2. The van der Waals surface area contributed by atoms with E-state index in [1.807, 2.05) is 78.9 Å². The van der Waals surface area contributed by atoms with Crippen LogP contribution in [0.3, 0.4) is 0 Å². The molecule has 2 unspecified atom stereocenters. The number of hydrogen-bond donors (Lipinski definition) is 0. The van der Waals surface area contributed by atoms with E-state index in [1.54, 1.807) is 6.08 Å². The van der Waals surface area contributed by atoms with Crippen LogP contribution < -0.4 is 0 Å². The van der Waals surface area contributed by atoms with Gasteiger partial charge in [-0.3, -0.25) is 0 Å².